The molecule has 0 bridgehead atoms. The van der Waals surface area contributed by atoms with Gasteiger partial charge in [0.05, 0.1) is 23.9 Å². The molecule has 2 N–H and O–H groups in total. The Bertz CT molecular complexity index is 699. The number of carbonyl (C=O) groups excluding carboxylic acids is 2. The molecule has 0 aliphatic rings. The van der Waals surface area contributed by atoms with E-state index in [9.17, 15) is 9.59 Å². The Labute approximate surface area is 134 Å². The number of anilines is 2. The maximum atomic E-state index is 12.2. The van der Waals surface area contributed by atoms with E-state index in [1.54, 1.807) is 24.3 Å². The number of carbonyl (C=O) groups is 2. The number of nitrogens with one attached hydrogen (secondary N) is 2. The SMILES string of the molecule is COC(=O)c1ccccc1NC(=O)c1cnc(NC(C)C)nc1. The van der Waals surface area contributed by atoms with Gasteiger partial charge in [0.1, 0.15) is 0 Å². The first-order chi connectivity index (χ1) is 11.0. The van der Waals surface area contributed by atoms with Crippen LogP contribution in [-0.4, -0.2) is 35.0 Å². The Hall–Kier alpha value is -2.96. The molecule has 0 atom stereocenters. The average Bonchev–Trinajstić information content (AvgIpc) is 2.54. The number of ether oxygens (including phenoxy) is 1. The van der Waals surface area contributed by atoms with E-state index in [2.05, 4.69) is 20.6 Å². The molecule has 0 fully saturated rings. The van der Waals surface area contributed by atoms with Crippen LogP contribution in [0.3, 0.4) is 0 Å². The molecule has 1 aromatic heterocycles. The highest BCUT2D eigenvalue weighted by atomic mass is 16.5. The molecule has 7 nitrogen and oxygen atoms in total. The number of rotatable bonds is 5. The van der Waals surface area contributed by atoms with Gasteiger partial charge in [-0.15, -0.1) is 0 Å². The van der Waals surface area contributed by atoms with Gasteiger partial charge in [0, 0.05) is 18.4 Å². The number of hydrogen-bond acceptors (Lipinski definition) is 6. The smallest absolute Gasteiger partial charge is 0.339 e. The zero-order valence-electron chi connectivity index (χ0n) is 13.2. The van der Waals surface area contributed by atoms with Crippen molar-refractivity contribution in [2.45, 2.75) is 19.9 Å². The maximum Gasteiger partial charge on any atom is 0.339 e. The Morgan fingerprint density at radius 3 is 2.39 bits per heavy atom. The van der Waals surface area contributed by atoms with Gasteiger partial charge in [0.15, 0.2) is 0 Å². The fourth-order valence-electron chi connectivity index (χ4n) is 1.85. The number of benzene rings is 1. The third-order valence-electron chi connectivity index (χ3n) is 2.91. The van der Waals surface area contributed by atoms with Gasteiger partial charge in [-0.2, -0.15) is 0 Å². The van der Waals surface area contributed by atoms with Crippen molar-refractivity contribution in [1.29, 1.82) is 0 Å². The highest BCUT2D eigenvalue weighted by Gasteiger charge is 2.14. The van der Waals surface area contributed by atoms with Gasteiger partial charge in [-0.05, 0) is 26.0 Å². The number of amides is 1. The van der Waals surface area contributed by atoms with Crippen LogP contribution in [0.1, 0.15) is 34.6 Å². The Morgan fingerprint density at radius 2 is 1.78 bits per heavy atom. The van der Waals surface area contributed by atoms with Crippen LogP contribution < -0.4 is 10.6 Å². The molecule has 0 saturated heterocycles. The molecule has 1 aromatic carbocycles. The van der Waals surface area contributed by atoms with Crippen LogP contribution in [0.4, 0.5) is 11.6 Å². The summed E-state index contributed by atoms with van der Waals surface area (Å²) in [6, 6.07) is 6.81. The van der Waals surface area contributed by atoms with Gasteiger partial charge in [0.2, 0.25) is 5.95 Å². The number of nitrogens with zero attached hydrogens (tertiary/aromatic N) is 2. The summed E-state index contributed by atoms with van der Waals surface area (Å²) in [7, 11) is 1.29. The Kier molecular flexibility index (Phi) is 5.24. The molecular weight excluding hydrogens is 296 g/mol. The second kappa shape index (κ2) is 7.35. The first kappa shape index (κ1) is 16.4. The predicted molar refractivity (Wildman–Crippen MR) is 86.5 cm³/mol. The Balaban J connectivity index is 2.15. The lowest BCUT2D eigenvalue weighted by atomic mass is 10.1. The molecule has 0 aliphatic heterocycles. The zero-order chi connectivity index (χ0) is 16.8. The van der Waals surface area contributed by atoms with Gasteiger partial charge in [-0.3, -0.25) is 4.79 Å². The Morgan fingerprint density at radius 1 is 1.13 bits per heavy atom. The second-order valence-corrected chi connectivity index (χ2v) is 5.09. The number of para-hydroxylation sites is 1. The third kappa shape index (κ3) is 4.26. The van der Waals surface area contributed by atoms with E-state index >= 15 is 0 Å². The fraction of sp³-hybridized carbons (Fsp3) is 0.250. The molecule has 0 spiro atoms. The van der Waals surface area contributed by atoms with Crippen LogP contribution in [0.25, 0.3) is 0 Å². The maximum absolute atomic E-state index is 12.2. The summed E-state index contributed by atoms with van der Waals surface area (Å²) >= 11 is 0. The highest BCUT2D eigenvalue weighted by molar-refractivity contribution is 6.07. The van der Waals surface area contributed by atoms with Crippen molar-refractivity contribution in [2.24, 2.45) is 0 Å². The lowest BCUT2D eigenvalue weighted by Crippen LogP contribution is -2.17. The van der Waals surface area contributed by atoms with Crippen LogP contribution >= 0.6 is 0 Å². The van der Waals surface area contributed by atoms with Crippen LogP contribution in [0.2, 0.25) is 0 Å². The minimum atomic E-state index is -0.520. The number of methoxy groups -OCH3 is 1. The van der Waals surface area contributed by atoms with Gasteiger partial charge < -0.3 is 15.4 Å². The van der Waals surface area contributed by atoms with Crippen molar-refractivity contribution >= 4 is 23.5 Å². The molecule has 0 aliphatic carbocycles. The van der Waals surface area contributed by atoms with Gasteiger partial charge in [0.25, 0.3) is 5.91 Å². The number of esters is 1. The fourth-order valence-corrected chi connectivity index (χ4v) is 1.85. The molecule has 1 amide bonds. The minimum Gasteiger partial charge on any atom is -0.465 e. The van der Waals surface area contributed by atoms with Gasteiger partial charge in [-0.25, -0.2) is 14.8 Å². The zero-order valence-corrected chi connectivity index (χ0v) is 13.2. The van der Waals surface area contributed by atoms with Crippen molar-refractivity contribution in [3.05, 3.63) is 47.8 Å². The number of aromatic nitrogens is 2. The van der Waals surface area contributed by atoms with E-state index in [0.29, 0.717) is 17.2 Å². The monoisotopic (exact) mass is 314 g/mol. The summed E-state index contributed by atoms with van der Waals surface area (Å²) in [5.41, 5.74) is 0.940. The summed E-state index contributed by atoms with van der Waals surface area (Å²) in [5, 5.41) is 5.70. The van der Waals surface area contributed by atoms with E-state index in [4.69, 9.17) is 4.74 Å². The molecule has 120 valence electrons. The molecule has 2 rings (SSSR count). The largest absolute Gasteiger partial charge is 0.465 e. The first-order valence-corrected chi connectivity index (χ1v) is 7.08. The molecule has 1 heterocycles. The molecule has 23 heavy (non-hydrogen) atoms. The topological polar surface area (TPSA) is 93.2 Å². The van der Waals surface area contributed by atoms with Gasteiger partial charge in [-0.1, -0.05) is 12.1 Å². The second-order valence-electron chi connectivity index (χ2n) is 5.09. The van der Waals surface area contributed by atoms with Crippen LogP contribution in [0.15, 0.2) is 36.7 Å². The summed E-state index contributed by atoms with van der Waals surface area (Å²) in [4.78, 5) is 32.1. The molecular formula is C16H18N4O3. The molecule has 2 aromatic rings. The molecule has 0 radical (unpaired) electrons. The average molecular weight is 314 g/mol. The third-order valence-corrected chi connectivity index (χ3v) is 2.91. The van der Waals surface area contributed by atoms with Crippen molar-refractivity contribution in [3.63, 3.8) is 0 Å². The lowest BCUT2D eigenvalue weighted by molar-refractivity contribution is 0.0602. The quantitative estimate of drug-likeness (QED) is 0.823. The summed E-state index contributed by atoms with van der Waals surface area (Å²) in [6.45, 7) is 3.93. The van der Waals surface area contributed by atoms with Crippen molar-refractivity contribution < 1.29 is 14.3 Å². The number of hydrogen-bond donors (Lipinski definition) is 2. The van der Waals surface area contributed by atoms with E-state index in [1.807, 2.05) is 13.8 Å². The van der Waals surface area contributed by atoms with Crippen LogP contribution in [0, 0.1) is 0 Å². The van der Waals surface area contributed by atoms with E-state index < -0.39 is 11.9 Å². The van der Waals surface area contributed by atoms with Crippen LogP contribution in [0.5, 0.6) is 0 Å². The van der Waals surface area contributed by atoms with Gasteiger partial charge >= 0.3 is 5.97 Å². The van der Waals surface area contributed by atoms with E-state index in [-0.39, 0.29) is 11.6 Å². The molecule has 0 unspecified atom stereocenters. The normalized spacial score (nSPS) is 10.3. The summed E-state index contributed by atoms with van der Waals surface area (Å²) in [6.07, 6.45) is 2.85. The van der Waals surface area contributed by atoms with Crippen molar-refractivity contribution in [1.82, 2.24) is 9.97 Å². The lowest BCUT2D eigenvalue weighted by Gasteiger charge is -2.10. The van der Waals surface area contributed by atoms with Crippen LogP contribution in [-0.2, 0) is 4.74 Å². The molecule has 7 heteroatoms. The molecule has 0 saturated carbocycles. The predicted octanol–water partition coefficient (Wildman–Crippen LogP) is 2.34. The van der Waals surface area contributed by atoms with Crippen molar-refractivity contribution in [3.8, 4) is 0 Å². The summed E-state index contributed by atoms with van der Waals surface area (Å²) < 4.78 is 4.69. The first-order valence-electron chi connectivity index (χ1n) is 7.08. The van der Waals surface area contributed by atoms with E-state index in [0.717, 1.165) is 0 Å². The highest BCUT2D eigenvalue weighted by Crippen LogP contribution is 2.17. The van der Waals surface area contributed by atoms with E-state index in [1.165, 1.54) is 19.5 Å². The van der Waals surface area contributed by atoms with Crippen molar-refractivity contribution in [2.75, 3.05) is 17.7 Å². The standard InChI is InChI=1S/C16H18N4O3/c1-10(2)19-16-17-8-11(9-18-16)14(21)20-13-7-5-4-6-12(13)15(22)23-3/h4-10H,1-3H3,(H,20,21)(H,17,18,19). The summed E-state index contributed by atoms with van der Waals surface area (Å²) in [5.74, 6) is -0.474. The minimum absolute atomic E-state index is 0.196.